The van der Waals surface area contributed by atoms with Crippen molar-refractivity contribution in [1.82, 2.24) is 29.1 Å². The highest BCUT2D eigenvalue weighted by molar-refractivity contribution is 5.99. The van der Waals surface area contributed by atoms with Crippen molar-refractivity contribution in [3.63, 3.8) is 0 Å². The number of phenolic OH excluding ortho intramolecular Hbond substituents is 2. The summed E-state index contributed by atoms with van der Waals surface area (Å²) >= 11 is 0. The van der Waals surface area contributed by atoms with E-state index in [-0.39, 0.29) is 47.8 Å². The van der Waals surface area contributed by atoms with E-state index < -0.39 is 12.1 Å². The van der Waals surface area contributed by atoms with E-state index in [2.05, 4.69) is 10.2 Å². The van der Waals surface area contributed by atoms with Gasteiger partial charge in [0.05, 0.1) is 11.3 Å². The Morgan fingerprint density at radius 2 is 1.63 bits per heavy atom. The van der Waals surface area contributed by atoms with Crippen molar-refractivity contribution in [2.45, 2.75) is 19.8 Å². The van der Waals surface area contributed by atoms with Crippen molar-refractivity contribution in [1.29, 1.82) is 0 Å². The molecule has 0 saturated carbocycles. The van der Waals surface area contributed by atoms with Crippen LogP contribution in [-0.4, -0.2) is 88.7 Å². The first-order valence-corrected chi connectivity index (χ1v) is 11.9. The summed E-state index contributed by atoms with van der Waals surface area (Å²) in [4.78, 5) is 26.7. The molecule has 0 aliphatic heterocycles. The summed E-state index contributed by atoms with van der Waals surface area (Å²) in [5.74, 6) is -0.383. The number of aromatic hydroxyl groups is 3. The number of hydrogen-bond donors (Lipinski definition) is 4. The van der Waals surface area contributed by atoms with Gasteiger partial charge in [-0.2, -0.15) is 0 Å². The van der Waals surface area contributed by atoms with Crippen LogP contribution < -0.4 is 0 Å². The monoisotopic (exact) mass is 522 g/mol. The molecule has 0 fully saturated rings. The van der Waals surface area contributed by atoms with Crippen LogP contribution in [0.25, 0.3) is 28.0 Å². The van der Waals surface area contributed by atoms with Crippen LogP contribution in [0, 0.1) is 0 Å². The van der Waals surface area contributed by atoms with E-state index in [0.29, 0.717) is 22.3 Å². The summed E-state index contributed by atoms with van der Waals surface area (Å²) in [6.07, 6.45) is -1.07. The fraction of sp³-hybridized carbons (Fsp3) is 0.308. The highest BCUT2D eigenvalue weighted by Crippen LogP contribution is 2.39. The average Bonchev–Trinajstić information content (AvgIpc) is 3.40. The van der Waals surface area contributed by atoms with E-state index in [1.807, 2.05) is 13.8 Å². The van der Waals surface area contributed by atoms with Gasteiger partial charge < -0.3 is 34.8 Å². The Morgan fingerprint density at radius 1 is 0.947 bits per heavy atom. The van der Waals surface area contributed by atoms with E-state index in [9.17, 15) is 24.9 Å². The normalized spacial score (nSPS) is 11.3. The molecule has 0 unspecified atom stereocenters. The third-order valence-corrected chi connectivity index (χ3v) is 6.60. The highest BCUT2D eigenvalue weighted by atomic mass is 16.4. The predicted molar refractivity (Wildman–Crippen MR) is 140 cm³/mol. The summed E-state index contributed by atoms with van der Waals surface area (Å²) < 4.78 is 3.12. The van der Waals surface area contributed by atoms with Crippen molar-refractivity contribution >= 4 is 22.9 Å². The number of nitrogens with zero attached hydrogens (tertiary/aromatic N) is 6. The molecule has 200 valence electrons. The molecule has 38 heavy (non-hydrogen) atoms. The first-order valence-electron chi connectivity index (χ1n) is 11.9. The Kier molecular flexibility index (Phi) is 6.90. The van der Waals surface area contributed by atoms with Gasteiger partial charge in [-0.3, -0.25) is 4.79 Å². The minimum absolute atomic E-state index is 0.0291. The second kappa shape index (κ2) is 9.96. The quantitative estimate of drug-likeness (QED) is 0.288. The topological polar surface area (TPSA) is 157 Å². The fourth-order valence-electron chi connectivity index (χ4n) is 4.30. The van der Waals surface area contributed by atoms with Crippen LogP contribution in [-0.2, 0) is 7.05 Å². The number of rotatable bonds is 7. The summed E-state index contributed by atoms with van der Waals surface area (Å²) in [5.41, 5.74) is 2.55. The van der Waals surface area contributed by atoms with Crippen molar-refractivity contribution in [3.8, 4) is 34.6 Å². The number of aromatic nitrogens is 4. The van der Waals surface area contributed by atoms with Crippen molar-refractivity contribution in [3.05, 3.63) is 47.7 Å². The zero-order valence-electron chi connectivity index (χ0n) is 21.7. The van der Waals surface area contributed by atoms with Crippen molar-refractivity contribution in [2.75, 3.05) is 27.2 Å². The minimum atomic E-state index is -1.07. The largest absolute Gasteiger partial charge is 0.508 e. The molecule has 12 heteroatoms. The number of carboxylic acid groups (broad SMARTS) is 1. The molecule has 12 nitrogen and oxygen atoms in total. The molecule has 0 bridgehead atoms. The maximum atomic E-state index is 13.1. The lowest BCUT2D eigenvalue weighted by atomic mass is 9.98. The van der Waals surface area contributed by atoms with Gasteiger partial charge in [-0.05, 0) is 41.8 Å². The number of hydrogen-bond acceptors (Lipinski definition) is 7. The van der Waals surface area contributed by atoms with E-state index >= 15 is 0 Å². The Morgan fingerprint density at radius 3 is 2.29 bits per heavy atom. The summed E-state index contributed by atoms with van der Waals surface area (Å²) in [5, 5.41) is 48.9. The number of likely N-dealkylation sites (N-methyl/N-ethyl adjacent to an activating group) is 2. The molecule has 0 atom stereocenters. The van der Waals surface area contributed by atoms with Crippen LogP contribution in [0.3, 0.4) is 0 Å². The van der Waals surface area contributed by atoms with Gasteiger partial charge >= 0.3 is 12.1 Å². The van der Waals surface area contributed by atoms with Crippen molar-refractivity contribution < 1.29 is 30.0 Å². The summed E-state index contributed by atoms with van der Waals surface area (Å²) in [6, 6.07) is 9.46. The number of benzene rings is 2. The second-order valence-corrected chi connectivity index (χ2v) is 9.50. The Labute approximate surface area is 218 Å². The number of carbonyl (C=O) groups excluding carboxylic acids is 1. The van der Waals surface area contributed by atoms with Gasteiger partial charge in [0.2, 0.25) is 0 Å². The second-order valence-electron chi connectivity index (χ2n) is 9.50. The molecule has 4 rings (SSSR count). The molecule has 2 aromatic heterocycles. The lowest BCUT2D eigenvalue weighted by molar-refractivity contribution is 0.0769. The van der Waals surface area contributed by atoms with Gasteiger partial charge in [0, 0.05) is 51.2 Å². The van der Waals surface area contributed by atoms with E-state index in [4.69, 9.17) is 5.11 Å². The van der Waals surface area contributed by atoms with Gasteiger partial charge in [0.15, 0.2) is 5.82 Å². The molecule has 0 aliphatic carbocycles. The maximum Gasteiger partial charge on any atom is 0.407 e. The number of phenols is 2. The lowest BCUT2D eigenvalue weighted by Gasteiger charge is -2.20. The van der Waals surface area contributed by atoms with E-state index in [0.717, 1.165) is 10.4 Å². The first kappa shape index (κ1) is 26.3. The van der Waals surface area contributed by atoms with Crippen molar-refractivity contribution in [2.24, 2.45) is 7.05 Å². The third kappa shape index (κ3) is 4.67. The smallest absolute Gasteiger partial charge is 0.407 e. The number of carbonyl (C=O) groups is 2. The number of aryl methyl sites for hydroxylation is 1. The predicted octanol–water partition coefficient (Wildman–Crippen LogP) is 3.35. The van der Waals surface area contributed by atoms with Crippen LogP contribution >= 0.6 is 0 Å². The minimum Gasteiger partial charge on any atom is -0.508 e. The number of fused-ring (bicyclic) bond motifs is 1. The van der Waals surface area contributed by atoms with E-state index in [1.54, 1.807) is 49.0 Å². The SMILES string of the molecule is CC(C)c1cc(-c2nnc(O)n2-c2ccc3c(c2)cc(C(=O)N(C)CCN(C)C(=O)O)n3C)c(O)cc1O. The molecule has 4 N–H and O–H groups in total. The molecule has 0 saturated heterocycles. The molecule has 0 spiro atoms. The third-order valence-electron chi connectivity index (χ3n) is 6.60. The van der Waals surface area contributed by atoms with Gasteiger partial charge in [-0.1, -0.05) is 18.9 Å². The maximum absolute atomic E-state index is 13.1. The first-order chi connectivity index (χ1) is 17.9. The molecule has 2 aromatic carbocycles. The molecule has 0 aliphatic rings. The Hall–Kier alpha value is -4.74. The van der Waals surface area contributed by atoms with E-state index in [1.165, 1.54) is 22.6 Å². The lowest BCUT2D eigenvalue weighted by Crippen LogP contribution is -2.37. The van der Waals surface area contributed by atoms with Crippen LogP contribution in [0.15, 0.2) is 36.4 Å². The Balaban J connectivity index is 1.72. The van der Waals surface area contributed by atoms with Gasteiger partial charge in [-0.15, -0.1) is 5.10 Å². The molecule has 4 aromatic rings. The standard InChI is InChI=1S/C26H30N6O6/c1-14(2)17-12-18(22(34)13-21(17)33)23-27-28-25(36)32(23)16-6-7-19-15(10-16)11-20(31(19)5)24(35)29(3)8-9-30(4)26(37)38/h6-7,10-14,33-34H,8-9H2,1-5H3,(H,28,36)(H,37,38). The van der Waals surface area contributed by atoms with Crippen LogP contribution in [0.5, 0.6) is 17.5 Å². The molecular formula is C26H30N6O6. The summed E-state index contributed by atoms with van der Waals surface area (Å²) in [7, 11) is 4.81. The molecule has 2 heterocycles. The fourth-order valence-corrected chi connectivity index (χ4v) is 4.30. The zero-order valence-corrected chi connectivity index (χ0v) is 21.7. The van der Waals surface area contributed by atoms with Gasteiger partial charge in [-0.25, -0.2) is 9.36 Å². The Bertz CT molecular complexity index is 1540. The number of amides is 2. The zero-order chi connectivity index (χ0) is 27.9. The average molecular weight is 523 g/mol. The van der Waals surface area contributed by atoms with Crippen LogP contribution in [0.2, 0.25) is 0 Å². The molecule has 0 radical (unpaired) electrons. The van der Waals surface area contributed by atoms with Gasteiger partial charge in [0.1, 0.15) is 17.2 Å². The van der Waals surface area contributed by atoms with Gasteiger partial charge in [0.25, 0.3) is 5.91 Å². The molecule has 2 amide bonds. The summed E-state index contributed by atoms with van der Waals surface area (Å²) in [6.45, 7) is 4.20. The van der Waals surface area contributed by atoms with Crippen LogP contribution in [0.4, 0.5) is 4.79 Å². The highest BCUT2D eigenvalue weighted by Gasteiger charge is 2.23. The molecular weight excluding hydrogens is 492 g/mol. The van der Waals surface area contributed by atoms with Crippen LogP contribution in [0.1, 0.15) is 35.8 Å².